The quantitative estimate of drug-likeness (QED) is 0.0947. The van der Waals surface area contributed by atoms with E-state index >= 15 is 0 Å². The largest absolute Gasteiger partial charge is 0.269 e. The summed E-state index contributed by atoms with van der Waals surface area (Å²) < 4.78 is 0. The van der Waals surface area contributed by atoms with Crippen LogP contribution in [-0.4, -0.2) is 35.4 Å². The molecule has 6 aromatic rings. The molecule has 3 heterocycles. The Morgan fingerprint density at radius 1 is 0.235 bits per heavy atom. The van der Waals surface area contributed by atoms with Crippen LogP contribution in [0.5, 0.6) is 0 Å². The van der Waals surface area contributed by atoms with Crippen molar-refractivity contribution in [3.63, 3.8) is 0 Å². The van der Waals surface area contributed by atoms with Crippen molar-refractivity contribution in [1.29, 1.82) is 0 Å². The fourth-order valence-electron chi connectivity index (χ4n) is 8.58. The fourth-order valence-corrected chi connectivity index (χ4v) is 8.58. The van der Waals surface area contributed by atoms with Crippen LogP contribution in [-0.2, 0) is 28.8 Å². The SMILES string of the molecule is CCC(C)c1ccc(N2C(=O)C=CC2=O)cc1.CCC(C)c1ccc(N2C(=O)C=CC2=O)cc1.CCC(C)c1ccc(N2C(=O)C=CC2=O)cc1.CCC(C)c1ccccc1.CCC(C)c1ccccc1.CCC(C)c1ccccc1. The van der Waals surface area contributed by atoms with Crippen molar-refractivity contribution in [3.8, 4) is 0 Å². The molecule has 9 nitrogen and oxygen atoms in total. The monoisotopic (exact) mass is 1090 g/mol. The van der Waals surface area contributed by atoms with Gasteiger partial charge >= 0.3 is 0 Å². The predicted octanol–water partition coefficient (Wildman–Crippen LogP) is 17.5. The molecule has 6 atom stereocenters. The Balaban J connectivity index is 0.000000213. The molecule has 0 radical (unpaired) electrons. The van der Waals surface area contributed by atoms with Gasteiger partial charge in [-0.3, -0.25) is 28.8 Å². The van der Waals surface area contributed by atoms with E-state index in [0.29, 0.717) is 52.6 Å². The van der Waals surface area contributed by atoms with Crippen LogP contribution < -0.4 is 14.7 Å². The number of amides is 6. The maximum Gasteiger partial charge on any atom is 0.258 e. The highest BCUT2D eigenvalue weighted by atomic mass is 16.2. The van der Waals surface area contributed by atoms with Crippen molar-refractivity contribution in [3.05, 3.63) is 234 Å². The number of carbonyl (C=O) groups is 6. The molecule has 3 aliphatic rings. The molecule has 426 valence electrons. The van der Waals surface area contributed by atoms with E-state index < -0.39 is 0 Å². The molecule has 81 heavy (non-hydrogen) atoms. The lowest BCUT2D eigenvalue weighted by Crippen LogP contribution is -2.29. The van der Waals surface area contributed by atoms with Crippen LogP contribution in [0.3, 0.4) is 0 Å². The third-order valence-electron chi connectivity index (χ3n) is 15.4. The highest BCUT2D eigenvalue weighted by Crippen LogP contribution is 2.28. The van der Waals surface area contributed by atoms with Gasteiger partial charge in [-0.25, -0.2) is 14.7 Å². The van der Waals surface area contributed by atoms with E-state index in [9.17, 15) is 28.8 Å². The van der Waals surface area contributed by atoms with Gasteiger partial charge in [0.05, 0.1) is 17.1 Å². The number of carbonyl (C=O) groups excluding carboxylic acids is 6. The Labute approximate surface area is 484 Å². The number of imide groups is 3. The molecule has 0 fully saturated rings. The first-order valence-electron chi connectivity index (χ1n) is 29.1. The second kappa shape index (κ2) is 34.2. The molecule has 6 aromatic carbocycles. The molecule has 0 aliphatic carbocycles. The van der Waals surface area contributed by atoms with Gasteiger partial charge < -0.3 is 0 Å². The summed E-state index contributed by atoms with van der Waals surface area (Å²) in [7, 11) is 0. The average Bonchev–Trinajstić information content (AvgIpc) is 4.28. The molecule has 0 N–H and O–H groups in total. The van der Waals surface area contributed by atoms with Gasteiger partial charge in [0.25, 0.3) is 35.4 Å². The molecule has 0 bridgehead atoms. The predicted molar refractivity (Wildman–Crippen MR) is 336 cm³/mol. The molecule has 9 rings (SSSR count). The van der Waals surface area contributed by atoms with Crippen molar-refractivity contribution in [2.45, 2.75) is 157 Å². The zero-order valence-corrected chi connectivity index (χ0v) is 50.1. The Bertz CT molecular complexity index is 2610. The van der Waals surface area contributed by atoms with Crippen molar-refractivity contribution in [1.82, 2.24) is 0 Å². The Morgan fingerprint density at radius 2 is 0.383 bits per heavy atom. The van der Waals surface area contributed by atoms with Crippen molar-refractivity contribution in [2.24, 2.45) is 0 Å². The maximum atomic E-state index is 11.5. The van der Waals surface area contributed by atoms with Crippen LogP contribution in [0.2, 0.25) is 0 Å². The lowest BCUT2D eigenvalue weighted by Gasteiger charge is -2.15. The first-order valence-corrected chi connectivity index (χ1v) is 29.1. The smallest absolute Gasteiger partial charge is 0.258 e. The number of nitrogens with zero attached hydrogens (tertiary/aromatic N) is 3. The van der Waals surface area contributed by atoms with Crippen LogP contribution in [0.4, 0.5) is 17.1 Å². The summed E-state index contributed by atoms with van der Waals surface area (Å²) in [6.07, 6.45) is 14.7. The van der Waals surface area contributed by atoms with E-state index in [2.05, 4.69) is 174 Å². The fraction of sp³-hybridized carbons (Fsp3) is 0.333. The average molecular weight is 1090 g/mol. The van der Waals surface area contributed by atoms with Gasteiger partial charge in [0.15, 0.2) is 0 Å². The van der Waals surface area contributed by atoms with Crippen molar-refractivity contribution >= 4 is 52.5 Å². The second-order valence-electron chi connectivity index (χ2n) is 20.9. The minimum atomic E-state index is -0.272. The third-order valence-corrected chi connectivity index (χ3v) is 15.4. The van der Waals surface area contributed by atoms with Gasteiger partial charge in [-0.05, 0) is 144 Å². The van der Waals surface area contributed by atoms with Crippen molar-refractivity contribution in [2.75, 3.05) is 14.7 Å². The molecule has 0 aromatic heterocycles. The van der Waals surface area contributed by atoms with Crippen LogP contribution in [0.25, 0.3) is 0 Å². The van der Waals surface area contributed by atoms with Gasteiger partial charge in [-0.15, -0.1) is 0 Å². The van der Waals surface area contributed by atoms with Gasteiger partial charge in [-0.2, -0.15) is 0 Å². The van der Waals surface area contributed by atoms with E-state index in [4.69, 9.17) is 0 Å². The summed E-state index contributed by atoms with van der Waals surface area (Å²) in [6.45, 7) is 26.3. The highest BCUT2D eigenvalue weighted by Gasteiger charge is 2.27. The maximum absolute atomic E-state index is 11.5. The summed E-state index contributed by atoms with van der Waals surface area (Å²) in [6, 6.07) is 54.7. The van der Waals surface area contributed by atoms with Crippen LogP contribution in [0.1, 0.15) is 190 Å². The molecular formula is C72H87N3O6. The number of benzene rings is 6. The second-order valence-corrected chi connectivity index (χ2v) is 20.9. The summed E-state index contributed by atoms with van der Waals surface area (Å²) in [4.78, 5) is 72.4. The number of hydrogen-bond donors (Lipinski definition) is 0. The zero-order valence-electron chi connectivity index (χ0n) is 50.1. The van der Waals surface area contributed by atoms with E-state index in [-0.39, 0.29) is 35.4 Å². The molecule has 0 saturated heterocycles. The van der Waals surface area contributed by atoms with E-state index in [1.165, 1.54) is 104 Å². The minimum absolute atomic E-state index is 0.272. The number of anilines is 3. The number of rotatable bonds is 15. The molecule has 0 saturated carbocycles. The standard InChI is InChI=1S/3C14H15NO2.3C10H14/c3*1-3-10(2)11-4-6-12(7-5-11)15-13(16)8-9-14(15)17;3*1-3-9(2)10-7-5-4-6-8-10/h3*4-10H,3H2,1-2H3;3*4-9H,3H2,1-2H3. The first-order chi connectivity index (χ1) is 38.9. The van der Waals surface area contributed by atoms with Crippen LogP contribution in [0, 0.1) is 0 Å². The Morgan fingerprint density at radius 3 is 0.531 bits per heavy atom. The van der Waals surface area contributed by atoms with Gasteiger partial charge in [0.2, 0.25) is 0 Å². The Hall–Kier alpha value is -8.04. The van der Waals surface area contributed by atoms with Gasteiger partial charge in [-0.1, -0.05) is 210 Å². The molecule has 3 aliphatic heterocycles. The Kier molecular flexibility index (Phi) is 27.6. The molecular weight excluding hydrogens is 1000 g/mol. The summed E-state index contributed by atoms with van der Waals surface area (Å²) in [5, 5.41) is 0. The normalized spacial score (nSPS) is 15.3. The lowest BCUT2D eigenvalue weighted by atomic mass is 9.98. The molecule has 6 unspecified atom stereocenters. The van der Waals surface area contributed by atoms with Crippen molar-refractivity contribution < 1.29 is 28.8 Å². The summed E-state index contributed by atoms with van der Waals surface area (Å²) in [5.74, 6) is 1.97. The van der Waals surface area contributed by atoms with Crippen LogP contribution in [0.15, 0.2) is 200 Å². The summed E-state index contributed by atoms with van der Waals surface area (Å²) >= 11 is 0. The van der Waals surface area contributed by atoms with Crippen LogP contribution >= 0.6 is 0 Å². The molecule has 9 heteroatoms. The lowest BCUT2D eigenvalue weighted by molar-refractivity contribution is -0.121. The molecule has 6 amide bonds. The topological polar surface area (TPSA) is 112 Å². The third kappa shape index (κ3) is 19.9. The summed E-state index contributed by atoms with van der Waals surface area (Å²) in [5.41, 5.74) is 9.93. The zero-order chi connectivity index (χ0) is 59.4. The van der Waals surface area contributed by atoms with Gasteiger partial charge in [0, 0.05) is 36.5 Å². The van der Waals surface area contributed by atoms with E-state index in [1.807, 2.05) is 72.8 Å². The highest BCUT2D eigenvalue weighted by molar-refractivity contribution is 6.29. The first kappa shape index (κ1) is 65.5. The van der Waals surface area contributed by atoms with Gasteiger partial charge in [0.1, 0.15) is 0 Å². The van der Waals surface area contributed by atoms with E-state index in [0.717, 1.165) is 19.3 Å². The number of hydrogen-bond acceptors (Lipinski definition) is 6. The minimum Gasteiger partial charge on any atom is -0.269 e. The van der Waals surface area contributed by atoms with E-state index in [1.54, 1.807) is 0 Å². The molecule has 0 spiro atoms.